The SMILES string of the molecule is CCC(C)Nc1cnnn1CC. The molecule has 0 amide bonds. The van der Waals surface area contributed by atoms with E-state index in [-0.39, 0.29) is 0 Å². The van der Waals surface area contributed by atoms with Crippen LogP contribution < -0.4 is 5.32 Å². The van der Waals surface area contributed by atoms with Gasteiger partial charge in [-0.25, -0.2) is 4.68 Å². The summed E-state index contributed by atoms with van der Waals surface area (Å²) in [5.41, 5.74) is 0. The third-order valence-corrected chi connectivity index (χ3v) is 1.92. The molecule has 0 aliphatic rings. The van der Waals surface area contributed by atoms with Crippen LogP contribution in [0.2, 0.25) is 0 Å². The van der Waals surface area contributed by atoms with Crippen molar-refractivity contribution in [2.45, 2.75) is 39.8 Å². The van der Waals surface area contributed by atoms with E-state index in [0.29, 0.717) is 6.04 Å². The van der Waals surface area contributed by atoms with Crippen LogP contribution in [0.5, 0.6) is 0 Å². The number of aryl methyl sites for hydroxylation is 1. The van der Waals surface area contributed by atoms with Crippen LogP contribution in [-0.4, -0.2) is 21.0 Å². The van der Waals surface area contributed by atoms with Crippen LogP contribution in [0.1, 0.15) is 27.2 Å². The van der Waals surface area contributed by atoms with Crippen LogP contribution in [-0.2, 0) is 6.54 Å². The van der Waals surface area contributed by atoms with Gasteiger partial charge in [0.05, 0.1) is 6.20 Å². The summed E-state index contributed by atoms with van der Waals surface area (Å²) in [4.78, 5) is 0. The van der Waals surface area contributed by atoms with E-state index in [1.54, 1.807) is 6.20 Å². The average Bonchev–Trinajstić information content (AvgIpc) is 2.51. The Kier molecular flexibility index (Phi) is 3.08. The van der Waals surface area contributed by atoms with Gasteiger partial charge in [0, 0.05) is 12.6 Å². The van der Waals surface area contributed by atoms with Gasteiger partial charge in [-0.3, -0.25) is 0 Å². The summed E-state index contributed by atoms with van der Waals surface area (Å²) in [7, 11) is 0. The van der Waals surface area contributed by atoms with Gasteiger partial charge in [-0.05, 0) is 20.3 Å². The van der Waals surface area contributed by atoms with Gasteiger partial charge in [-0.1, -0.05) is 12.1 Å². The number of hydrogen-bond acceptors (Lipinski definition) is 3. The lowest BCUT2D eigenvalue weighted by Crippen LogP contribution is -2.16. The number of rotatable bonds is 4. The van der Waals surface area contributed by atoms with Crippen molar-refractivity contribution in [1.29, 1.82) is 0 Å². The fourth-order valence-corrected chi connectivity index (χ4v) is 0.958. The summed E-state index contributed by atoms with van der Waals surface area (Å²) in [6.45, 7) is 7.21. The smallest absolute Gasteiger partial charge is 0.145 e. The van der Waals surface area contributed by atoms with Gasteiger partial charge in [0.1, 0.15) is 5.82 Å². The molecular formula is C8H16N4. The van der Waals surface area contributed by atoms with Crippen LogP contribution >= 0.6 is 0 Å². The Morgan fingerprint density at radius 2 is 2.33 bits per heavy atom. The van der Waals surface area contributed by atoms with E-state index in [1.807, 2.05) is 4.68 Å². The van der Waals surface area contributed by atoms with Gasteiger partial charge >= 0.3 is 0 Å². The molecule has 4 heteroatoms. The maximum absolute atomic E-state index is 3.93. The Bertz CT molecular complexity index is 231. The summed E-state index contributed by atoms with van der Waals surface area (Å²) < 4.78 is 1.85. The molecule has 0 fully saturated rings. The first-order chi connectivity index (χ1) is 5.77. The van der Waals surface area contributed by atoms with Crippen LogP contribution in [0, 0.1) is 0 Å². The molecule has 1 rings (SSSR count). The minimum absolute atomic E-state index is 0.480. The van der Waals surface area contributed by atoms with Crippen LogP contribution in [0.3, 0.4) is 0 Å². The third kappa shape index (κ3) is 1.96. The van der Waals surface area contributed by atoms with E-state index in [1.165, 1.54) is 0 Å². The highest BCUT2D eigenvalue weighted by Gasteiger charge is 2.03. The Morgan fingerprint density at radius 1 is 1.58 bits per heavy atom. The van der Waals surface area contributed by atoms with Gasteiger partial charge in [0.15, 0.2) is 0 Å². The van der Waals surface area contributed by atoms with Crippen LogP contribution in [0.15, 0.2) is 6.20 Å². The fourth-order valence-electron chi connectivity index (χ4n) is 0.958. The number of aromatic nitrogens is 3. The molecule has 0 aliphatic heterocycles. The molecule has 0 spiro atoms. The van der Waals surface area contributed by atoms with Gasteiger partial charge in [-0.2, -0.15) is 0 Å². The lowest BCUT2D eigenvalue weighted by molar-refractivity contribution is 0.622. The molecule has 12 heavy (non-hydrogen) atoms. The van der Waals surface area contributed by atoms with Crippen molar-refractivity contribution in [3.8, 4) is 0 Å². The maximum atomic E-state index is 3.93. The Hall–Kier alpha value is -1.06. The standard InChI is InChI=1S/C8H16N4/c1-4-7(3)10-8-6-9-11-12(8)5-2/h6-7,10H,4-5H2,1-3H3. The number of nitrogens with zero attached hydrogens (tertiary/aromatic N) is 3. The lowest BCUT2D eigenvalue weighted by Gasteiger charge is -2.12. The first-order valence-corrected chi connectivity index (χ1v) is 4.43. The molecule has 1 atom stereocenters. The van der Waals surface area contributed by atoms with Gasteiger partial charge in [0.25, 0.3) is 0 Å². The Morgan fingerprint density at radius 3 is 2.92 bits per heavy atom. The van der Waals surface area contributed by atoms with Crippen LogP contribution in [0.25, 0.3) is 0 Å². The maximum Gasteiger partial charge on any atom is 0.145 e. The molecule has 1 N–H and O–H groups in total. The molecule has 1 aromatic rings. The van der Waals surface area contributed by atoms with Crippen molar-refractivity contribution in [1.82, 2.24) is 15.0 Å². The van der Waals surface area contributed by atoms with E-state index < -0.39 is 0 Å². The molecule has 0 saturated carbocycles. The molecule has 4 nitrogen and oxygen atoms in total. The molecule has 1 unspecified atom stereocenters. The second-order valence-corrected chi connectivity index (χ2v) is 2.89. The molecule has 0 radical (unpaired) electrons. The molecule has 0 bridgehead atoms. The van der Waals surface area contributed by atoms with Crippen molar-refractivity contribution >= 4 is 5.82 Å². The summed E-state index contributed by atoms with van der Waals surface area (Å²) in [5.74, 6) is 1.01. The largest absolute Gasteiger partial charge is 0.367 e. The second kappa shape index (κ2) is 4.09. The monoisotopic (exact) mass is 168 g/mol. The molecule has 0 aliphatic carbocycles. The van der Waals surface area contributed by atoms with E-state index in [9.17, 15) is 0 Å². The molecule has 1 heterocycles. The van der Waals surface area contributed by atoms with Crippen LogP contribution in [0.4, 0.5) is 5.82 Å². The second-order valence-electron chi connectivity index (χ2n) is 2.89. The van der Waals surface area contributed by atoms with E-state index >= 15 is 0 Å². The van der Waals surface area contributed by atoms with E-state index in [2.05, 4.69) is 36.4 Å². The number of hydrogen-bond donors (Lipinski definition) is 1. The van der Waals surface area contributed by atoms with Gasteiger partial charge in [-0.15, -0.1) is 5.10 Å². The summed E-state index contributed by atoms with van der Waals surface area (Å²) in [6, 6.07) is 0.480. The highest BCUT2D eigenvalue weighted by molar-refractivity contribution is 5.31. The third-order valence-electron chi connectivity index (χ3n) is 1.92. The predicted molar refractivity (Wildman–Crippen MR) is 49.1 cm³/mol. The molecule has 68 valence electrons. The first kappa shape index (κ1) is 9.03. The zero-order valence-corrected chi connectivity index (χ0v) is 7.91. The lowest BCUT2D eigenvalue weighted by atomic mass is 10.3. The highest BCUT2D eigenvalue weighted by Crippen LogP contribution is 2.06. The fraction of sp³-hybridized carbons (Fsp3) is 0.750. The molecule has 1 aromatic heterocycles. The number of anilines is 1. The zero-order valence-electron chi connectivity index (χ0n) is 7.91. The summed E-state index contributed by atoms with van der Waals surface area (Å²) >= 11 is 0. The highest BCUT2D eigenvalue weighted by atomic mass is 15.4. The Labute approximate surface area is 73.0 Å². The Balaban J connectivity index is 2.61. The van der Waals surface area contributed by atoms with Crippen molar-refractivity contribution in [3.05, 3.63) is 6.20 Å². The van der Waals surface area contributed by atoms with Crippen molar-refractivity contribution in [2.24, 2.45) is 0 Å². The van der Waals surface area contributed by atoms with Crippen molar-refractivity contribution in [2.75, 3.05) is 5.32 Å². The molecule has 0 saturated heterocycles. The van der Waals surface area contributed by atoms with Crippen molar-refractivity contribution in [3.63, 3.8) is 0 Å². The summed E-state index contributed by atoms with van der Waals surface area (Å²) in [6.07, 6.45) is 2.87. The summed E-state index contributed by atoms with van der Waals surface area (Å²) in [5, 5.41) is 11.1. The molecule has 0 aromatic carbocycles. The average molecular weight is 168 g/mol. The minimum atomic E-state index is 0.480. The minimum Gasteiger partial charge on any atom is -0.367 e. The van der Waals surface area contributed by atoms with Gasteiger partial charge < -0.3 is 5.32 Å². The zero-order chi connectivity index (χ0) is 8.97. The molecular weight excluding hydrogens is 152 g/mol. The van der Waals surface area contributed by atoms with Crippen molar-refractivity contribution < 1.29 is 0 Å². The number of nitrogens with one attached hydrogen (secondary N) is 1. The first-order valence-electron chi connectivity index (χ1n) is 4.43. The van der Waals surface area contributed by atoms with E-state index in [0.717, 1.165) is 18.8 Å². The van der Waals surface area contributed by atoms with Gasteiger partial charge in [0.2, 0.25) is 0 Å². The topological polar surface area (TPSA) is 42.7 Å². The normalized spacial score (nSPS) is 12.9. The predicted octanol–water partition coefficient (Wildman–Crippen LogP) is 1.51. The quantitative estimate of drug-likeness (QED) is 0.741. The van der Waals surface area contributed by atoms with E-state index in [4.69, 9.17) is 0 Å².